The summed E-state index contributed by atoms with van der Waals surface area (Å²) in [5.74, 6) is 0. The van der Waals surface area contributed by atoms with Crippen molar-refractivity contribution in [3.05, 3.63) is 28.8 Å². The highest BCUT2D eigenvalue weighted by Gasteiger charge is 2.22. The Balaban J connectivity index is 2.17. The molecule has 1 saturated carbocycles. The van der Waals surface area contributed by atoms with Gasteiger partial charge in [0.1, 0.15) is 0 Å². The van der Waals surface area contributed by atoms with Gasteiger partial charge >= 0.3 is 0 Å². The van der Waals surface area contributed by atoms with Crippen molar-refractivity contribution in [1.29, 1.82) is 0 Å². The molecule has 2 rings (SSSR count). The zero-order valence-corrected chi connectivity index (χ0v) is 13.2. The van der Waals surface area contributed by atoms with E-state index < -0.39 is 10.0 Å². The second-order valence-corrected chi connectivity index (χ2v) is 7.36. The molecule has 0 atom stereocenters. The first-order valence-corrected chi connectivity index (χ1v) is 8.84. The summed E-state index contributed by atoms with van der Waals surface area (Å²) >= 11 is 6.06. The Bertz CT molecular complexity index is 554. The van der Waals surface area contributed by atoms with E-state index in [0.717, 1.165) is 31.2 Å². The molecule has 0 radical (unpaired) electrons. The van der Waals surface area contributed by atoms with Gasteiger partial charge in [-0.3, -0.25) is 0 Å². The van der Waals surface area contributed by atoms with E-state index in [1.54, 1.807) is 25.2 Å². The minimum Gasteiger partial charge on any atom is -0.316 e. The zero-order valence-electron chi connectivity index (χ0n) is 11.7. The quantitative estimate of drug-likeness (QED) is 0.878. The van der Waals surface area contributed by atoms with Crippen molar-refractivity contribution in [3.63, 3.8) is 0 Å². The Morgan fingerprint density at radius 3 is 2.60 bits per heavy atom. The monoisotopic (exact) mass is 316 g/mol. The van der Waals surface area contributed by atoms with E-state index in [4.69, 9.17) is 11.6 Å². The number of sulfonamides is 1. The first kappa shape index (κ1) is 15.8. The number of hydrogen-bond donors (Lipinski definition) is 2. The molecule has 0 aromatic heterocycles. The van der Waals surface area contributed by atoms with E-state index in [-0.39, 0.29) is 10.9 Å². The van der Waals surface area contributed by atoms with Crippen LogP contribution in [-0.2, 0) is 16.6 Å². The van der Waals surface area contributed by atoms with Crippen molar-refractivity contribution in [2.24, 2.45) is 0 Å². The number of rotatable bonds is 5. The van der Waals surface area contributed by atoms with Crippen molar-refractivity contribution in [2.75, 3.05) is 7.05 Å². The fraction of sp³-hybridized carbons (Fsp3) is 0.571. The molecule has 6 heteroatoms. The van der Waals surface area contributed by atoms with Crippen LogP contribution in [0.5, 0.6) is 0 Å². The van der Waals surface area contributed by atoms with Gasteiger partial charge in [0.25, 0.3) is 0 Å². The Labute approximate surface area is 126 Å². The summed E-state index contributed by atoms with van der Waals surface area (Å²) in [6.45, 7) is 0.547. The van der Waals surface area contributed by atoms with Crippen LogP contribution < -0.4 is 10.0 Å². The second-order valence-electron chi connectivity index (χ2n) is 5.24. The Kier molecular flexibility index (Phi) is 5.43. The summed E-state index contributed by atoms with van der Waals surface area (Å²) in [7, 11) is -1.65. The molecule has 1 fully saturated rings. The maximum absolute atomic E-state index is 12.4. The van der Waals surface area contributed by atoms with Crippen molar-refractivity contribution in [1.82, 2.24) is 10.0 Å². The number of hydrogen-bond acceptors (Lipinski definition) is 3. The van der Waals surface area contributed by atoms with E-state index in [0.29, 0.717) is 11.6 Å². The van der Waals surface area contributed by atoms with Gasteiger partial charge in [-0.2, -0.15) is 0 Å². The number of halogens is 1. The molecule has 112 valence electrons. The van der Waals surface area contributed by atoms with E-state index in [2.05, 4.69) is 10.0 Å². The fourth-order valence-electron chi connectivity index (χ4n) is 2.55. The average Bonchev–Trinajstić information content (AvgIpc) is 2.42. The lowest BCUT2D eigenvalue weighted by molar-refractivity contribution is 0.412. The molecule has 0 unspecified atom stereocenters. The van der Waals surface area contributed by atoms with E-state index >= 15 is 0 Å². The van der Waals surface area contributed by atoms with Gasteiger partial charge in [0.2, 0.25) is 10.0 Å². The lowest BCUT2D eigenvalue weighted by atomic mass is 9.96. The summed E-state index contributed by atoms with van der Waals surface area (Å²) in [4.78, 5) is 0.290. The Hall–Kier alpha value is -0.620. The van der Waals surface area contributed by atoms with Crippen LogP contribution >= 0.6 is 11.6 Å². The Morgan fingerprint density at radius 1 is 1.25 bits per heavy atom. The highest BCUT2D eigenvalue weighted by molar-refractivity contribution is 7.89. The molecule has 1 aliphatic rings. The lowest BCUT2D eigenvalue weighted by Gasteiger charge is -2.22. The smallest absolute Gasteiger partial charge is 0.240 e. The van der Waals surface area contributed by atoms with Crippen LogP contribution in [0.1, 0.15) is 37.7 Å². The molecular formula is C14H21ClN2O2S. The Morgan fingerprint density at radius 2 is 1.95 bits per heavy atom. The number of benzene rings is 1. The number of nitrogens with one attached hydrogen (secondary N) is 2. The SMILES string of the molecule is CNCc1cc(S(=O)(=O)NC2CCCCC2)ccc1Cl. The third-order valence-corrected chi connectivity index (χ3v) is 5.51. The molecule has 0 heterocycles. The summed E-state index contributed by atoms with van der Waals surface area (Å²) in [6.07, 6.45) is 5.25. The first-order chi connectivity index (χ1) is 9.53. The molecule has 1 aliphatic carbocycles. The molecular weight excluding hydrogens is 296 g/mol. The molecule has 0 saturated heterocycles. The van der Waals surface area contributed by atoms with Gasteiger partial charge in [-0.1, -0.05) is 30.9 Å². The third-order valence-electron chi connectivity index (χ3n) is 3.62. The summed E-state index contributed by atoms with van der Waals surface area (Å²) in [5, 5.41) is 3.56. The molecule has 1 aromatic carbocycles. The van der Waals surface area contributed by atoms with Crippen LogP contribution in [0, 0.1) is 0 Å². The van der Waals surface area contributed by atoms with Crippen molar-refractivity contribution >= 4 is 21.6 Å². The second kappa shape index (κ2) is 6.89. The molecule has 4 nitrogen and oxygen atoms in total. The molecule has 0 bridgehead atoms. The van der Waals surface area contributed by atoms with Crippen LogP contribution in [-0.4, -0.2) is 21.5 Å². The van der Waals surface area contributed by atoms with Crippen LogP contribution in [0.3, 0.4) is 0 Å². The van der Waals surface area contributed by atoms with Gasteiger partial charge in [-0.05, 0) is 43.7 Å². The van der Waals surface area contributed by atoms with E-state index in [9.17, 15) is 8.42 Å². The maximum Gasteiger partial charge on any atom is 0.240 e. The molecule has 0 spiro atoms. The first-order valence-electron chi connectivity index (χ1n) is 6.98. The van der Waals surface area contributed by atoms with Gasteiger partial charge < -0.3 is 5.32 Å². The topological polar surface area (TPSA) is 58.2 Å². The summed E-state index contributed by atoms with van der Waals surface area (Å²) < 4.78 is 27.6. The van der Waals surface area contributed by atoms with Crippen molar-refractivity contribution < 1.29 is 8.42 Å². The van der Waals surface area contributed by atoms with Crippen LogP contribution in [0.4, 0.5) is 0 Å². The summed E-state index contributed by atoms with van der Waals surface area (Å²) in [5.41, 5.74) is 0.792. The van der Waals surface area contributed by atoms with Crippen molar-refractivity contribution in [2.45, 2.75) is 49.6 Å². The zero-order chi connectivity index (χ0) is 14.6. The van der Waals surface area contributed by atoms with Gasteiger partial charge in [-0.25, -0.2) is 13.1 Å². The lowest BCUT2D eigenvalue weighted by Crippen LogP contribution is -2.36. The average molecular weight is 317 g/mol. The molecule has 0 amide bonds. The molecule has 20 heavy (non-hydrogen) atoms. The predicted octanol–water partition coefficient (Wildman–Crippen LogP) is 2.67. The van der Waals surface area contributed by atoms with E-state index in [1.165, 1.54) is 6.42 Å². The van der Waals surface area contributed by atoms with Gasteiger partial charge in [-0.15, -0.1) is 0 Å². The largest absolute Gasteiger partial charge is 0.316 e. The molecule has 0 aliphatic heterocycles. The molecule has 2 N–H and O–H groups in total. The highest BCUT2D eigenvalue weighted by atomic mass is 35.5. The van der Waals surface area contributed by atoms with Gasteiger partial charge in [0, 0.05) is 17.6 Å². The standard InChI is InChI=1S/C14H21ClN2O2S/c1-16-10-11-9-13(7-8-14(11)15)20(18,19)17-12-5-3-2-4-6-12/h7-9,12,16-17H,2-6,10H2,1H3. The highest BCUT2D eigenvalue weighted by Crippen LogP contribution is 2.23. The normalized spacial score (nSPS) is 17.3. The third kappa shape index (κ3) is 3.95. The minimum absolute atomic E-state index is 0.0668. The minimum atomic E-state index is -3.45. The predicted molar refractivity (Wildman–Crippen MR) is 81.4 cm³/mol. The van der Waals surface area contributed by atoms with Crippen LogP contribution in [0.25, 0.3) is 0 Å². The molecule has 1 aromatic rings. The summed E-state index contributed by atoms with van der Waals surface area (Å²) in [6, 6.07) is 4.91. The van der Waals surface area contributed by atoms with Crippen LogP contribution in [0.15, 0.2) is 23.1 Å². The maximum atomic E-state index is 12.4. The van der Waals surface area contributed by atoms with E-state index in [1.807, 2.05) is 0 Å². The van der Waals surface area contributed by atoms with Crippen molar-refractivity contribution in [3.8, 4) is 0 Å². The van der Waals surface area contributed by atoms with Gasteiger partial charge in [0.05, 0.1) is 4.90 Å². The van der Waals surface area contributed by atoms with Gasteiger partial charge in [0.15, 0.2) is 0 Å². The van der Waals surface area contributed by atoms with Crippen LogP contribution in [0.2, 0.25) is 5.02 Å². The fourth-order valence-corrected chi connectivity index (χ4v) is 4.09.